The molecule has 6 nitrogen and oxygen atoms in total. The Morgan fingerprint density at radius 3 is 2.33 bits per heavy atom. The molecule has 1 rings (SSSR count). The smallest absolute Gasteiger partial charge is 0.335 e. The first-order valence-electron chi connectivity index (χ1n) is 6.54. The lowest BCUT2D eigenvalue weighted by Crippen LogP contribution is -2.46. The summed E-state index contributed by atoms with van der Waals surface area (Å²) >= 11 is 0. The predicted octanol–water partition coefficient (Wildman–Crippen LogP) is 2.08. The molecule has 116 valence electrons. The number of amides is 1. The van der Waals surface area contributed by atoms with Crippen LogP contribution >= 0.6 is 0 Å². The monoisotopic (exact) mass is 295 g/mol. The zero-order valence-corrected chi connectivity index (χ0v) is 12.9. The number of benzene rings is 1. The average Bonchev–Trinajstić information content (AvgIpc) is 2.36. The number of ether oxygens (including phenoxy) is 2. The summed E-state index contributed by atoms with van der Waals surface area (Å²) in [6.07, 6.45) is -0.776. The van der Waals surface area contributed by atoms with Gasteiger partial charge in [0, 0.05) is 5.54 Å². The second kappa shape index (κ2) is 6.47. The molecule has 0 spiro atoms. The Hall–Kier alpha value is -2.24. The molecule has 0 saturated carbocycles. The number of methoxy groups -OCH3 is 1. The number of hydrogen-bond donors (Lipinski definition) is 2. The molecule has 0 aliphatic heterocycles. The summed E-state index contributed by atoms with van der Waals surface area (Å²) in [5, 5.41) is 11.8. The fourth-order valence-electron chi connectivity index (χ4n) is 1.62. The van der Waals surface area contributed by atoms with Gasteiger partial charge in [0.1, 0.15) is 0 Å². The van der Waals surface area contributed by atoms with Crippen molar-refractivity contribution in [2.45, 2.75) is 39.3 Å². The van der Waals surface area contributed by atoms with Crippen molar-refractivity contribution < 1.29 is 24.2 Å². The van der Waals surface area contributed by atoms with Gasteiger partial charge in [0.2, 0.25) is 0 Å². The molecule has 0 fully saturated rings. The number of nitrogens with one attached hydrogen (secondary N) is 1. The maximum absolute atomic E-state index is 12.0. The fraction of sp³-hybridized carbons (Fsp3) is 0.467. The topological polar surface area (TPSA) is 84.9 Å². The third-order valence-corrected chi connectivity index (χ3v) is 2.58. The van der Waals surface area contributed by atoms with Crippen molar-refractivity contribution in [3.8, 4) is 11.5 Å². The number of carbonyl (C=O) groups is 2. The van der Waals surface area contributed by atoms with Crippen LogP contribution in [0, 0.1) is 0 Å². The Bertz CT molecular complexity index is 533. The van der Waals surface area contributed by atoms with Crippen molar-refractivity contribution >= 4 is 11.9 Å². The highest BCUT2D eigenvalue weighted by atomic mass is 16.5. The van der Waals surface area contributed by atoms with Crippen molar-refractivity contribution in [2.24, 2.45) is 0 Å². The van der Waals surface area contributed by atoms with Crippen LogP contribution in [0.4, 0.5) is 0 Å². The van der Waals surface area contributed by atoms with Crippen LogP contribution in [0.25, 0.3) is 0 Å². The minimum absolute atomic E-state index is 0.0641. The fourth-order valence-corrected chi connectivity index (χ4v) is 1.62. The van der Waals surface area contributed by atoms with Gasteiger partial charge in [0.05, 0.1) is 12.7 Å². The lowest BCUT2D eigenvalue weighted by molar-refractivity contribution is -0.128. The first-order valence-corrected chi connectivity index (χ1v) is 6.54. The zero-order chi connectivity index (χ0) is 16.2. The summed E-state index contributed by atoms with van der Waals surface area (Å²) in [6.45, 7) is 7.18. The van der Waals surface area contributed by atoms with Crippen LogP contribution in [0.5, 0.6) is 11.5 Å². The molecule has 0 radical (unpaired) electrons. The third-order valence-electron chi connectivity index (χ3n) is 2.58. The second-order valence-corrected chi connectivity index (χ2v) is 5.67. The van der Waals surface area contributed by atoms with Gasteiger partial charge in [-0.05, 0) is 45.9 Å². The number of carboxylic acid groups (broad SMARTS) is 1. The van der Waals surface area contributed by atoms with Crippen molar-refractivity contribution in [1.29, 1.82) is 0 Å². The molecular weight excluding hydrogens is 274 g/mol. The van der Waals surface area contributed by atoms with Gasteiger partial charge in [-0.2, -0.15) is 0 Å². The highest BCUT2D eigenvalue weighted by Crippen LogP contribution is 2.29. The van der Waals surface area contributed by atoms with Gasteiger partial charge in [0.15, 0.2) is 17.6 Å². The Balaban J connectivity index is 2.92. The lowest BCUT2D eigenvalue weighted by Gasteiger charge is -2.24. The molecular formula is C15H21NO5. The second-order valence-electron chi connectivity index (χ2n) is 5.67. The number of aromatic carboxylic acids is 1. The maximum atomic E-state index is 12.0. The molecule has 1 aromatic rings. The molecule has 0 aliphatic carbocycles. The molecule has 0 aromatic heterocycles. The maximum Gasteiger partial charge on any atom is 0.335 e. The minimum atomic E-state index is -1.07. The van der Waals surface area contributed by atoms with E-state index in [1.54, 1.807) is 6.92 Å². The summed E-state index contributed by atoms with van der Waals surface area (Å²) in [5.74, 6) is -0.774. The van der Waals surface area contributed by atoms with Crippen molar-refractivity contribution in [2.75, 3.05) is 7.11 Å². The van der Waals surface area contributed by atoms with Gasteiger partial charge < -0.3 is 19.9 Å². The molecule has 0 saturated heterocycles. The van der Waals surface area contributed by atoms with Crippen LogP contribution in [0.2, 0.25) is 0 Å². The van der Waals surface area contributed by atoms with E-state index >= 15 is 0 Å². The summed E-state index contributed by atoms with van der Waals surface area (Å²) in [7, 11) is 1.45. The summed E-state index contributed by atoms with van der Waals surface area (Å²) in [4.78, 5) is 23.0. The number of carbonyl (C=O) groups excluding carboxylic acids is 1. The van der Waals surface area contributed by atoms with Gasteiger partial charge >= 0.3 is 5.97 Å². The first-order chi connectivity index (χ1) is 9.64. The van der Waals surface area contributed by atoms with Crippen LogP contribution in [-0.2, 0) is 4.79 Å². The average molecular weight is 295 g/mol. The van der Waals surface area contributed by atoms with Crippen LogP contribution in [0.3, 0.4) is 0 Å². The van der Waals surface area contributed by atoms with Crippen LogP contribution in [-0.4, -0.2) is 35.7 Å². The van der Waals surface area contributed by atoms with Gasteiger partial charge in [-0.1, -0.05) is 0 Å². The van der Waals surface area contributed by atoms with E-state index in [9.17, 15) is 9.59 Å². The first kappa shape index (κ1) is 16.8. The van der Waals surface area contributed by atoms with Crippen LogP contribution in [0.1, 0.15) is 38.1 Å². The molecule has 1 amide bonds. The Labute approximate surface area is 124 Å². The van der Waals surface area contributed by atoms with E-state index in [-0.39, 0.29) is 22.8 Å². The highest BCUT2D eigenvalue weighted by molar-refractivity contribution is 5.88. The van der Waals surface area contributed by atoms with Gasteiger partial charge in [0.25, 0.3) is 5.91 Å². The standard InChI is InChI=1S/C15H21NO5/c1-9(13(17)16-15(2,3)4)21-12-8-10(14(18)19)6-7-11(12)20-5/h6-9H,1-5H3,(H,16,17)(H,18,19). The van der Waals surface area contributed by atoms with E-state index in [0.717, 1.165) is 0 Å². The van der Waals surface area contributed by atoms with E-state index in [2.05, 4.69) is 5.32 Å². The van der Waals surface area contributed by atoms with Crippen molar-refractivity contribution in [1.82, 2.24) is 5.32 Å². The normalized spacial score (nSPS) is 12.4. The van der Waals surface area contributed by atoms with E-state index in [4.69, 9.17) is 14.6 Å². The molecule has 2 N–H and O–H groups in total. The molecule has 1 atom stereocenters. The zero-order valence-electron chi connectivity index (χ0n) is 12.9. The Morgan fingerprint density at radius 2 is 1.86 bits per heavy atom. The number of hydrogen-bond acceptors (Lipinski definition) is 4. The van der Waals surface area contributed by atoms with Crippen LogP contribution < -0.4 is 14.8 Å². The number of carboxylic acids is 1. The SMILES string of the molecule is COc1ccc(C(=O)O)cc1OC(C)C(=O)NC(C)(C)C. The Kier molecular flexibility index (Phi) is 5.18. The molecule has 0 aliphatic rings. The summed E-state index contributed by atoms with van der Waals surface area (Å²) in [6, 6.07) is 4.24. The van der Waals surface area contributed by atoms with Crippen LogP contribution in [0.15, 0.2) is 18.2 Å². The third kappa shape index (κ3) is 4.98. The highest BCUT2D eigenvalue weighted by Gasteiger charge is 2.22. The minimum Gasteiger partial charge on any atom is -0.493 e. The molecule has 1 unspecified atom stereocenters. The summed E-state index contributed by atoms with van der Waals surface area (Å²) in [5.41, 5.74) is -0.309. The van der Waals surface area contributed by atoms with Gasteiger partial charge in [-0.3, -0.25) is 4.79 Å². The number of rotatable bonds is 5. The molecule has 21 heavy (non-hydrogen) atoms. The van der Waals surface area contributed by atoms with E-state index in [1.807, 2.05) is 20.8 Å². The van der Waals surface area contributed by atoms with E-state index < -0.39 is 12.1 Å². The summed E-state index contributed by atoms with van der Waals surface area (Å²) < 4.78 is 10.6. The van der Waals surface area contributed by atoms with E-state index in [1.165, 1.54) is 25.3 Å². The van der Waals surface area contributed by atoms with Crippen molar-refractivity contribution in [3.63, 3.8) is 0 Å². The molecule has 0 bridgehead atoms. The largest absolute Gasteiger partial charge is 0.493 e. The van der Waals surface area contributed by atoms with Gasteiger partial charge in [-0.25, -0.2) is 4.79 Å². The molecule has 0 heterocycles. The molecule has 1 aromatic carbocycles. The van der Waals surface area contributed by atoms with E-state index in [0.29, 0.717) is 5.75 Å². The Morgan fingerprint density at radius 1 is 1.24 bits per heavy atom. The van der Waals surface area contributed by atoms with Gasteiger partial charge in [-0.15, -0.1) is 0 Å². The predicted molar refractivity (Wildman–Crippen MR) is 77.9 cm³/mol. The quantitative estimate of drug-likeness (QED) is 0.868. The van der Waals surface area contributed by atoms with Crippen molar-refractivity contribution in [3.05, 3.63) is 23.8 Å². The lowest BCUT2D eigenvalue weighted by atomic mass is 10.1. The molecule has 6 heteroatoms.